The first-order valence-electron chi connectivity index (χ1n) is 9.18. The number of aromatic nitrogens is 2. The third kappa shape index (κ3) is 3.84. The quantitative estimate of drug-likeness (QED) is 0.710. The van der Waals surface area contributed by atoms with Crippen LogP contribution in [0.25, 0.3) is 11.3 Å². The number of anilines is 1. The van der Waals surface area contributed by atoms with Crippen molar-refractivity contribution >= 4 is 15.7 Å². The van der Waals surface area contributed by atoms with E-state index < -0.39 is 10.0 Å². The molecule has 4 rings (SSSR count). The number of benzene rings is 2. The number of methoxy groups -OCH3 is 1. The van der Waals surface area contributed by atoms with Crippen molar-refractivity contribution in [2.45, 2.75) is 30.6 Å². The van der Waals surface area contributed by atoms with E-state index in [1.807, 2.05) is 12.1 Å². The van der Waals surface area contributed by atoms with Gasteiger partial charge in [0.2, 0.25) is 5.88 Å². The summed E-state index contributed by atoms with van der Waals surface area (Å²) >= 11 is 0. The van der Waals surface area contributed by atoms with Crippen LogP contribution in [-0.2, 0) is 22.9 Å². The van der Waals surface area contributed by atoms with E-state index in [-0.39, 0.29) is 0 Å². The molecule has 1 aliphatic carbocycles. The van der Waals surface area contributed by atoms with Gasteiger partial charge in [-0.25, -0.2) is 8.42 Å². The molecule has 144 valence electrons. The molecule has 1 aliphatic rings. The summed E-state index contributed by atoms with van der Waals surface area (Å²) in [5.41, 5.74) is 4.27. The van der Waals surface area contributed by atoms with Gasteiger partial charge in [0.25, 0.3) is 10.0 Å². The summed E-state index contributed by atoms with van der Waals surface area (Å²) in [6.07, 6.45) is 4.23. The van der Waals surface area contributed by atoms with Crippen LogP contribution in [0.5, 0.6) is 5.88 Å². The Labute approximate surface area is 164 Å². The average Bonchev–Trinajstić information content (AvgIpc) is 2.73. The third-order valence-corrected chi connectivity index (χ3v) is 6.27. The van der Waals surface area contributed by atoms with E-state index in [4.69, 9.17) is 4.74 Å². The molecule has 7 heteroatoms. The summed E-state index contributed by atoms with van der Waals surface area (Å²) in [5.74, 6) is 0.424. The molecule has 1 aromatic heterocycles. The van der Waals surface area contributed by atoms with E-state index in [1.165, 1.54) is 19.1 Å². The van der Waals surface area contributed by atoms with Gasteiger partial charge >= 0.3 is 0 Å². The molecule has 0 bridgehead atoms. The summed E-state index contributed by atoms with van der Waals surface area (Å²) < 4.78 is 33.4. The van der Waals surface area contributed by atoms with Gasteiger partial charge in [-0.3, -0.25) is 4.72 Å². The van der Waals surface area contributed by atoms with E-state index in [1.54, 1.807) is 42.5 Å². The molecule has 1 N–H and O–H groups in total. The maximum atomic E-state index is 12.9. The zero-order valence-electron chi connectivity index (χ0n) is 15.6. The minimum atomic E-state index is -3.66. The maximum absolute atomic E-state index is 12.9. The Balaban J connectivity index is 1.59. The van der Waals surface area contributed by atoms with Crippen molar-refractivity contribution in [1.82, 2.24) is 10.2 Å². The van der Waals surface area contributed by atoms with Gasteiger partial charge in [0, 0.05) is 17.3 Å². The Morgan fingerprint density at radius 1 is 0.929 bits per heavy atom. The first-order chi connectivity index (χ1) is 13.5. The van der Waals surface area contributed by atoms with Gasteiger partial charge in [0.15, 0.2) is 0 Å². The lowest BCUT2D eigenvalue weighted by Crippen LogP contribution is -2.14. The number of ether oxygens (including phenoxy) is 1. The van der Waals surface area contributed by atoms with Crippen molar-refractivity contribution in [3.05, 3.63) is 65.7 Å². The largest absolute Gasteiger partial charge is 0.480 e. The highest BCUT2D eigenvalue weighted by Crippen LogP contribution is 2.26. The van der Waals surface area contributed by atoms with Crippen molar-refractivity contribution in [3.63, 3.8) is 0 Å². The van der Waals surface area contributed by atoms with E-state index in [0.29, 0.717) is 22.2 Å². The Bertz CT molecular complexity index is 1100. The molecule has 0 spiro atoms. The highest BCUT2D eigenvalue weighted by atomic mass is 32.2. The molecule has 0 amide bonds. The molecule has 0 atom stereocenters. The summed E-state index contributed by atoms with van der Waals surface area (Å²) in [7, 11) is -2.13. The van der Waals surface area contributed by atoms with E-state index in [9.17, 15) is 8.42 Å². The second-order valence-electron chi connectivity index (χ2n) is 6.78. The molecular weight excluding hydrogens is 374 g/mol. The van der Waals surface area contributed by atoms with E-state index in [0.717, 1.165) is 30.4 Å². The van der Waals surface area contributed by atoms with Gasteiger partial charge in [-0.05, 0) is 67.1 Å². The van der Waals surface area contributed by atoms with Crippen LogP contribution in [0.1, 0.15) is 24.0 Å². The van der Waals surface area contributed by atoms with Gasteiger partial charge in [-0.15, -0.1) is 10.2 Å². The maximum Gasteiger partial charge on any atom is 0.261 e. The topological polar surface area (TPSA) is 81.2 Å². The van der Waals surface area contributed by atoms with Gasteiger partial charge in [0.05, 0.1) is 17.7 Å². The molecule has 0 unspecified atom stereocenters. The van der Waals surface area contributed by atoms with Crippen LogP contribution in [-0.4, -0.2) is 25.7 Å². The number of nitrogens with zero attached hydrogens (tertiary/aromatic N) is 2. The lowest BCUT2D eigenvalue weighted by molar-refractivity contribution is 0.392. The van der Waals surface area contributed by atoms with Gasteiger partial charge in [-0.1, -0.05) is 18.2 Å². The Morgan fingerprint density at radius 3 is 2.50 bits per heavy atom. The van der Waals surface area contributed by atoms with Crippen LogP contribution < -0.4 is 9.46 Å². The summed E-state index contributed by atoms with van der Waals surface area (Å²) in [5, 5.41) is 8.07. The molecule has 0 saturated heterocycles. The monoisotopic (exact) mass is 395 g/mol. The van der Waals surface area contributed by atoms with Gasteiger partial charge in [0.1, 0.15) is 0 Å². The Hall–Kier alpha value is -2.93. The smallest absolute Gasteiger partial charge is 0.261 e. The highest BCUT2D eigenvalue weighted by molar-refractivity contribution is 7.92. The molecule has 0 fully saturated rings. The third-order valence-electron chi connectivity index (χ3n) is 4.89. The fraction of sp³-hybridized carbons (Fsp3) is 0.238. The molecule has 0 saturated carbocycles. The van der Waals surface area contributed by atoms with Crippen LogP contribution in [0.15, 0.2) is 59.5 Å². The van der Waals surface area contributed by atoms with Crippen molar-refractivity contribution in [2.24, 2.45) is 0 Å². The number of sulfonamides is 1. The van der Waals surface area contributed by atoms with Crippen LogP contribution >= 0.6 is 0 Å². The minimum Gasteiger partial charge on any atom is -0.480 e. The number of hydrogen-bond donors (Lipinski definition) is 1. The van der Waals surface area contributed by atoms with Crippen LogP contribution in [0, 0.1) is 0 Å². The summed E-state index contributed by atoms with van der Waals surface area (Å²) in [6, 6.07) is 16.0. The summed E-state index contributed by atoms with van der Waals surface area (Å²) in [4.78, 5) is 0.294. The number of aryl methyl sites for hydroxylation is 2. The van der Waals surface area contributed by atoms with Crippen LogP contribution in [0.2, 0.25) is 0 Å². The fourth-order valence-corrected chi connectivity index (χ4v) is 4.52. The Kier molecular flexibility index (Phi) is 5.00. The molecule has 3 aromatic rings. The molecule has 2 aromatic carbocycles. The standard InChI is InChI=1S/C21H21N3O3S/c1-27-21-12-11-20(22-23-21)17-7-4-8-18(13-17)24-28(25,26)19-10-9-15-5-2-3-6-16(15)14-19/h4,7-14,24H,2-3,5-6H2,1H3. The second-order valence-corrected chi connectivity index (χ2v) is 8.47. The first kappa shape index (κ1) is 18.4. The van der Waals surface area contributed by atoms with Gasteiger partial charge in [-0.2, -0.15) is 0 Å². The molecule has 0 aliphatic heterocycles. The summed E-state index contributed by atoms with van der Waals surface area (Å²) in [6.45, 7) is 0. The second kappa shape index (κ2) is 7.59. The van der Waals surface area contributed by atoms with Crippen molar-refractivity contribution < 1.29 is 13.2 Å². The zero-order valence-corrected chi connectivity index (χ0v) is 16.4. The first-order valence-corrected chi connectivity index (χ1v) is 10.7. The van der Waals surface area contributed by atoms with E-state index in [2.05, 4.69) is 14.9 Å². The highest BCUT2D eigenvalue weighted by Gasteiger charge is 2.18. The Morgan fingerprint density at radius 2 is 1.75 bits per heavy atom. The van der Waals surface area contributed by atoms with Crippen molar-refractivity contribution in [3.8, 4) is 17.1 Å². The lowest BCUT2D eigenvalue weighted by Gasteiger charge is -2.17. The average molecular weight is 395 g/mol. The number of nitrogens with one attached hydrogen (secondary N) is 1. The predicted molar refractivity (Wildman–Crippen MR) is 108 cm³/mol. The molecule has 0 radical (unpaired) electrons. The molecule has 1 heterocycles. The SMILES string of the molecule is COc1ccc(-c2cccc(NS(=O)(=O)c3ccc4c(c3)CCCC4)c2)nn1. The van der Waals surface area contributed by atoms with E-state index >= 15 is 0 Å². The number of rotatable bonds is 5. The normalized spacial score (nSPS) is 13.6. The molecule has 6 nitrogen and oxygen atoms in total. The van der Waals surface area contributed by atoms with Crippen molar-refractivity contribution in [2.75, 3.05) is 11.8 Å². The number of hydrogen-bond acceptors (Lipinski definition) is 5. The fourth-order valence-electron chi connectivity index (χ4n) is 3.42. The van der Waals surface area contributed by atoms with Crippen molar-refractivity contribution in [1.29, 1.82) is 0 Å². The van der Waals surface area contributed by atoms with Crippen LogP contribution in [0.4, 0.5) is 5.69 Å². The number of fused-ring (bicyclic) bond motifs is 1. The molecular formula is C21H21N3O3S. The minimum absolute atomic E-state index is 0.294. The lowest BCUT2D eigenvalue weighted by atomic mass is 9.92. The van der Waals surface area contributed by atoms with Gasteiger partial charge < -0.3 is 4.74 Å². The van der Waals surface area contributed by atoms with Crippen LogP contribution in [0.3, 0.4) is 0 Å². The predicted octanol–water partition coefficient (Wildman–Crippen LogP) is 3.83. The zero-order chi connectivity index (χ0) is 19.6. The molecule has 28 heavy (non-hydrogen) atoms.